The Morgan fingerprint density at radius 1 is 0.769 bits per heavy atom. The summed E-state index contributed by atoms with van der Waals surface area (Å²) in [5, 5.41) is 5.19. The smallest absolute Gasteiger partial charge is 0.411 e. The summed E-state index contributed by atoms with van der Waals surface area (Å²) in [5.74, 6) is 0. The molecule has 0 bridgehead atoms. The lowest BCUT2D eigenvalue weighted by molar-refractivity contribution is 0.129. The third-order valence-corrected chi connectivity index (χ3v) is 2.97. The second-order valence-electron chi connectivity index (χ2n) is 6.02. The minimum Gasteiger partial charge on any atom is -0.447 e. The summed E-state index contributed by atoms with van der Waals surface area (Å²) in [6.45, 7) is 7.09. The van der Waals surface area contributed by atoms with Crippen LogP contribution in [0, 0.1) is 0 Å². The standard InChI is InChI=1S/C18H22N4O4/c1-11(2)25-17(23)21-13-5-7-15(19-9-13)16-8-6-14(10-20-16)22-18(24)26-12(3)4/h5-12H,1-4H3,(H,21,23)(H,22,24). The Balaban J connectivity index is 1.98. The first-order chi connectivity index (χ1) is 12.3. The summed E-state index contributed by atoms with van der Waals surface area (Å²) in [6, 6.07) is 6.87. The van der Waals surface area contributed by atoms with Crippen LogP contribution < -0.4 is 10.6 Å². The van der Waals surface area contributed by atoms with Gasteiger partial charge in [0.25, 0.3) is 0 Å². The maximum absolute atomic E-state index is 11.6. The summed E-state index contributed by atoms with van der Waals surface area (Å²) in [5.41, 5.74) is 2.30. The number of nitrogens with one attached hydrogen (secondary N) is 2. The predicted octanol–water partition coefficient (Wildman–Crippen LogP) is 4.06. The lowest BCUT2D eigenvalue weighted by Gasteiger charge is -2.10. The highest BCUT2D eigenvalue weighted by molar-refractivity contribution is 5.85. The van der Waals surface area contributed by atoms with Gasteiger partial charge in [0, 0.05) is 0 Å². The fraction of sp³-hybridized carbons (Fsp3) is 0.333. The van der Waals surface area contributed by atoms with E-state index in [2.05, 4.69) is 20.6 Å². The monoisotopic (exact) mass is 358 g/mol. The Morgan fingerprint density at radius 3 is 1.42 bits per heavy atom. The second kappa shape index (κ2) is 8.80. The number of pyridine rings is 2. The third-order valence-electron chi connectivity index (χ3n) is 2.97. The molecular weight excluding hydrogens is 336 g/mol. The molecule has 8 heteroatoms. The van der Waals surface area contributed by atoms with Crippen LogP contribution in [0.15, 0.2) is 36.7 Å². The van der Waals surface area contributed by atoms with Gasteiger partial charge in [-0.3, -0.25) is 20.6 Å². The molecule has 0 atom stereocenters. The van der Waals surface area contributed by atoms with Crippen molar-refractivity contribution in [3.05, 3.63) is 36.7 Å². The lowest BCUT2D eigenvalue weighted by Crippen LogP contribution is -2.18. The molecule has 0 aliphatic carbocycles. The molecule has 0 saturated heterocycles. The summed E-state index contributed by atoms with van der Waals surface area (Å²) in [6.07, 6.45) is 1.58. The van der Waals surface area contributed by atoms with Crippen LogP contribution in [-0.2, 0) is 9.47 Å². The molecule has 2 aromatic rings. The predicted molar refractivity (Wildman–Crippen MR) is 97.9 cm³/mol. The van der Waals surface area contributed by atoms with Gasteiger partial charge in [-0.1, -0.05) is 0 Å². The molecule has 0 fully saturated rings. The average Bonchev–Trinajstić information content (AvgIpc) is 2.54. The molecule has 0 unspecified atom stereocenters. The summed E-state index contributed by atoms with van der Waals surface area (Å²) in [4.78, 5) is 31.6. The van der Waals surface area contributed by atoms with Crippen LogP contribution in [0.2, 0.25) is 0 Å². The van der Waals surface area contributed by atoms with E-state index < -0.39 is 12.2 Å². The van der Waals surface area contributed by atoms with Crippen molar-refractivity contribution in [1.29, 1.82) is 0 Å². The highest BCUT2D eigenvalue weighted by Gasteiger charge is 2.08. The third kappa shape index (κ3) is 6.04. The largest absolute Gasteiger partial charge is 0.447 e. The zero-order chi connectivity index (χ0) is 19.1. The van der Waals surface area contributed by atoms with Crippen LogP contribution in [0.5, 0.6) is 0 Å². The number of carbonyl (C=O) groups excluding carboxylic acids is 2. The van der Waals surface area contributed by atoms with Gasteiger partial charge in [-0.2, -0.15) is 0 Å². The summed E-state index contributed by atoms with van der Waals surface area (Å²) < 4.78 is 10.0. The molecule has 0 radical (unpaired) electrons. The van der Waals surface area contributed by atoms with Gasteiger partial charge in [-0.05, 0) is 52.0 Å². The van der Waals surface area contributed by atoms with Crippen molar-refractivity contribution in [1.82, 2.24) is 9.97 Å². The van der Waals surface area contributed by atoms with E-state index in [1.165, 1.54) is 12.4 Å². The molecule has 0 spiro atoms. The van der Waals surface area contributed by atoms with E-state index in [1.54, 1.807) is 52.0 Å². The Bertz CT molecular complexity index is 677. The number of nitrogens with zero attached hydrogens (tertiary/aromatic N) is 2. The Hall–Kier alpha value is -3.16. The van der Waals surface area contributed by atoms with Gasteiger partial charge in [0.2, 0.25) is 0 Å². The summed E-state index contributed by atoms with van der Waals surface area (Å²) in [7, 11) is 0. The number of carbonyl (C=O) groups is 2. The molecule has 0 aromatic carbocycles. The quantitative estimate of drug-likeness (QED) is 0.835. The van der Waals surface area contributed by atoms with Gasteiger partial charge in [0.05, 0.1) is 47.4 Å². The molecule has 2 aromatic heterocycles. The number of hydrogen-bond donors (Lipinski definition) is 2. The van der Waals surface area contributed by atoms with Gasteiger partial charge in [0.15, 0.2) is 0 Å². The zero-order valence-corrected chi connectivity index (χ0v) is 15.1. The molecule has 0 saturated carbocycles. The van der Waals surface area contributed by atoms with Crippen molar-refractivity contribution in [2.24, 2.45) is 0 Å². The van der Waals surface area contributed by atoms with Crippen LogP contribution in [0.25, 0.3) is 11.4 Å². The van der Waals surface area contributed by atoms with Crippen molar-refractivity contribution in [2.45, 2.75) is 39.9 Å². The van der Waals surface area contributed by atoms with Crippen LogP contribution >= 0.6 is 0 Å². The normalized spacial score (nSPS) is 10.5. The number of hydrogen-bond acceptors (Lipinski definition) is 6. The Kier molecular flexibility index (Phi) is 6.48. The van der Waals surface area contributed by atoms with Crippen molar-refractivity contribution < 1.29 is 19.1 Å². The number of aromatic nitrogens is 2. The number of amides is 2. The molecule has 2 N–H and O–H groups in total. The van der Waals surface area contributed by atoms with Crippen LogP contribution in [-0.4, -0.2) is 34.4 Å². The topological polar surface area (TPSA) is 102 Å². The van der Waals surface area contributed by atoms with Gasteiger partial charge in [0.1, 0.15) is 0 Å². The maximum atomic E-state index is 11.6. The molecular formula is C18H22N4O4. The molecule has 8 nitrogen and oxygen atoms in total. The maximum Gasteiger partial charge on any atom is 0.411 e. The highest BCUT2D eigenvalue weighted by atomic mass is 16.6. The van der Waals surface area contributed by atoms with Crippen molar-refractivity contribution in [3.8, 4) is 11.4 Å². The van der Waals surface area contributed by atoms with Crippen LogP contribution in [0.3, 0.4) is 0 Å². The van der Waals surface area contributed by atoms with Crippen LogP contribution in [0.4, 0.5) is 21.0 Å². The first-order valence-electron chi connectivity index (χ1n) is 8.21. The zero-order valence-electron chi connectivity index (χ0n) is 15.1. The Labute approximate surface area is 151 Å². The van der Waals surface area contributed by atoms with E-state index in [4.69, 9.17) is 9.47 Å². The average molecular weight is 358 g/mol. The van der Waals surface area contributed by atoms with E-state index in [0.29, 0.717) is 22.8 Å². The molecule has 0 aliphatic heterocycles. The van der Waals surface area contributed by atoms with E-state index in [1.807, 2.05) is 0 Å². The van der Waals surface area contributed by atoms with E-state index in [9.17, 15) is 9.59 Å². The Morgan fingerprint density at radius 2 is 1.15 bits per heavy atom. The lowest BCUT2D eigenvalue weighted by atomic mass is 10.2. The molecule has 2 amide bonds. The molecule has 26 heavy (non-hydrogen) atoms. The van der Waals surface area contributed by atoms with E-state index in [0.717, 1.165) is 0 Å². The molecule has 2 rings (SSSR count). The second-order valence-corrected chi connectivity index (χ2v) is 6.02. The summed E-state index contributed by atoms with van der Waals surface area (Å²) >= 11 is 0. The van der Waals surface area contributed by atoms with Gasteiger partial charge < -0.3 is 9.47 Å². The fourth-order valence-corrected chi connectivity index (χ4v) is 1.96. The fourth-order valence-electron chi connectivity index (χ4n) is 1.96. The van der Waals surface area contributed by atoms with Gasteiger partial charge >= 0.3 is 12.2 Å². The van der Waals surface area contributed by atoms with Gasteiger partial charge in [-0.25, -0.2) is 9.59 Å². The first-order valence-corrected chi connectivity index (χ1v) is 8.21. The van der Waals surface area contributed by atoms with Crippen LogP contribution in [0.1, 0.15) is 27.7 Å². The van der Waals surface area contributed by atoms with E-state index >= 15 is 0 Å². The van der Waals surface area contributed by atoms with Crippen molar-refractivity contribution in [2.75, 3.05) is 10.6 Å². The van der Waals surface area contributed by atoms with Crippen molar-refractivity contribution in [3.63, 3.8) is 0 Å². The number of rotatable bonds is 5. The number of ether oxygens (including phenoxy) is 2. The molecule has 0 aliphatic rings. The van der Waals surface area contributed by atoms with E-state index in [-0.39, 0.29) is 12.2 Å². The minimum absolute atomic E-state index is 0.198. The number of anilines is 2. The SMILES string of the molecule is CC(C)OC(=O)Nc1ccc(-c2ccc(NC(=O)OC(C)C)cn2)nc1. The van der Waals surface area contributed by atoms with Crippen molar-refractivity contribution >= 4 is 23.6 Å². The molecule has 138 valence electrons. The highest BCUT2D eigenvalue weighted by Crippen LogP contribution is 2.18. The first kappa shape index (κ1) is 19.2. The minimum atomic E-state index is -0.531. The molecule has 2 heterocycles. The van der Waals surface area contributed by atoms with Gasteiger partial charge in [-0.15, -0.1) is 0 Å².